The van der Waals surface area contributed by atoms with Crippen LogP contribution in [0.5, 0.6) is 0 Å². The fourth-order valence-electron chi connectivity index (χ4n) is 3.05. The molecule has 0 radical (unpaired) electrons. The number of hydrogen-bond acceptors (Lipinski definition) is 4. The van der Waals surface area contributed by atoms with Crippen LogP contribution in [-0.4, -0.2) is 36.2 Å². The summed E-state index contributed by atoms with van der Waals surface area (Å²) in [6.45, 7) is 3.36. The number of carbonyl (C=O) groups is 2. The van der Waals surface area contributed by atoms with Gasteiger partial charge in [-0.1, -0.05) is 23.7 Å². The molecule has 26 heavy (non-hydrogen) atoms. The van der Waals surface area contributed by atoms with E-state index in [1.807, 2.05) is 29.2 Å². The van der Waals surface area contributed by atoms with Crippen LogP contribution in [0.25, 0.3) is 0 Å². The van der Waals surface area contributed by atoms with Crippen molar-refractivity contribution in [2.45, 2.75) is 13.5 Å². The van der Waals surface area contributed by atoms with E-state index in [9.17, 15) is 9.59 Å². The van der Waals surface area contributed by atoms with Gasteiger partial charge < -0.3 is 9.80 Å². The number of benzene rings is 2. The van der Waals surface area contributed by atoms with Crippen molar-refractivity contribution >= 4 is 29.0 Å². The third kappa shape index (κ3) is 3.87. The van der Waals surface area contributed by atoms with Crippen LogP contribution in [0, 0.1) is 11.3 Å². The fourth-order valence-corrected chi connectivity index (χ4v) is 3.18. The maximum atomic E-state index is 12.6. The highest BCUT2D eigenvalue weighted by molar-refractivity contribution is 6.30. The largest absolute Gasteiger partial charge is 0.360 e. The Hall–Kier alpha value is -2.84. The van der Waals surface area contributed by atoms with Crippen molar-refractivity contribution < 1.29 is 9.59 Å². The van der Waals surface area contributed by atoms with Crippen LogP contribution < -0.4 is 4.90 Å². The number of Topliss-reactive ketones (excluding diaryl/α,β-unsaturated/α-hetero) is 1. The molecular weight excluding hydrogens is 350 g/mol. The van der Waals surface area contributed by atoms with E-state index in [4.69, 9.17) is 16.9 Å². The quantitative estimate of drug-likeness (QED) is 0.778. The first kappa shape index (κ1) is 18.0. The number of nitriles is 1. The predicted molar refractivity (Wildman–Crippen MR) is 100 cm³/mol. The van der Waals surface area contributed by atoms with E-state index in [1.54, 1.807) is 23.1 Å². The molecule has 1 aliphatic heterocycles. The first-order chi connectivity index (χ1) is 12.5. The molecule has 0 atom stereocenters. The number of hydrogen-bond donors (Lipinski definition) is 0. The third-order valence-electron chi connectivity index (χ3n) is 4.45. The molecule has 1 heterocycles. The summed E-state index contributed by atoms with van der Waals surface area (Å²) in [6, 6.07) is 14.5. The van der Waals surface area contributed by atoms with Gasteiger partial charge in [0.1, 0.15) is 0 Å². The molecule has 1 fully saturated rings. The van der Waals surface area contributed by atoms with Gasteiger partial charge in [-0.25, -0.2) is 0 Å². The van der Waals surface area contributed by atoms with Crippen molar-refractivity contribution in [3.63, 3.8) is 0 Å². The van der Waals surface area contributed by atoms with Crippen LogP contribution in [-0.2, 0) is 11.3 Å². The predicted octanol–water partition coefficient (Wildman–Crippen LogP) is 3.26. The number of anilines is 1. The van der Waals surface area contributed by atoms with E-state index < -0.39 is 0 Å². The Labute approximate surface area is 157 Å². The lowest BCUT2D eigenvalue weighted by Crippen LogP contribution is -2.50. The number of piperazine rings is 1. The summed E-state index contributed by atoms with van der Waals surface area (Å²) in [4.78, 5) is 28.2. The van der Waals surface area contributed by atoms with Gasteiger partial charge in [-0.2, -0.15) is 5.26 Å². The second-order valence-corrected chi connectivity index (χ2v) is 6.70. The molecule has 132 valence electrons. The molecule has 0 bridgehead atoms. The lowest BCUT2D eigenvalue weighted by atomic mass is 10.0. The fraction of sp³-hybridized carbons (Fsp3) is 0.250. The molecule has 6 heteroatoms. The molecule has 0 aliphatic carbocycles. The minimum atomic E-state index is -0.0828. The van der Waals surface area contributed by atoms with Crippen molar-refractivity contribution in [2.75, 3.05) is 24.5 Å². The summed E-state index contributed by atoms with van der Waals surface area (Å²) in [5.74, 6) is -0.0939. The Morgan fingerprint density at radius 2 is 1.92 bits per heavy atom. The molecule has 0 saturated carbocycles. The number of nitrogens with zero attached hydrogens (tertiary/aromatic N) is 3. The standard InChI is InChI=1S/C20H18ClN3O2/c1-14(25)18-7-4-16(11-22)10-19(18)23-8-9-24(20(26)13-23)12-15-2-5-17(21)6-3-15/h2-7,10H,8-9,12-13H2,1H3. The SMILES string of the molecule is CC(=O)c1ccc(C#N)cc1N1CCN(Cc2ccc(Cl)cc2)C(=O)C1. The summed E-state index contributed by atoms with van der Waals surface area (Å²) < 4.78 is 0. The first-order valence-corrected chi connectivity index (χ1v) is 8.68. The number of rotatable bonds is 4. The van der Waals surface area contributed by atoms with Gasteiger partial charge in [0.25, 0.3) is 0 Å². The summed E-state index contributed by atoms with van der Waals surface area (Å²) >= 11 is 5.90. The monoisotopic (exact) mass is 367 g/mol. The zero-order chi connectivity index (χ0) is 18.7. The van der Waals surface area contributed by atoms with Gasteiger partial charge in [-0.15, -0.1) is 0 Å². The van der Waals surface area contributed by atoms with Crippen LogP contribution >= 0.6 is 11.6 Å². The van der Waals surface area contributed by atoms with E-state index in [-0.39, 0.29) is 18.2 Å². The summed E-state index contributed by atoms with van der Waals surface area (Å²) in [5.41, 5.74) is 2.67. The normalized spacial score (nSPS) is 14.3. The summed E-state index contributed by atoms with van der Waals surface area (Å²) in [7, 11) is 0. The van der Waals surface area contributed by atoms with Crippen molar-refractivity contribution in [2.24, 2.45) is 0 Å². The van der Waals surface area contributed by atoms with Crippen LogP contribution in [0.3, 0.4) is 0 Å². The van der Waals surface area contributed by atoms with Gasteiger partial charge in [-0.3, -0.25) is 9.59 Å². The molecule has 5 nitrogen and oxygen atoms in total. The molecule has 1 amide bonds. The average Bonchev–Trinajstić information content (AvgIpc) is 2.64. The molecule has 0 spiro atoms. The Bertz CT molecular complexity index is 887. The highest BCUT2D eigenvalue weighted by Gasteiger charge is 2.26. The molecule has 1 saturated heterocycles. The maximum absolute atomic E-state index is 12.6. The van der Waals surface area contributed by atoms with E-state index in [2.05, 4.69) is 6.07 Å². The lowest BCUT2D eigenvalue weighted by Gasteiger charge is -2.36. The van der Waals surface area contributed by atoms with Gasteiger partial charge in [0.2, 0.25) is 5.91 Å². The van der Waals surface area contributed by atoms with Crippen LogP contribution in [0.2, 0.25) is 5.02 Å². The van der Waals surface area contributed by atoms with E-state index in [1.165, 1.54) is 6.92 Å². The number of carbonyl (C=O) groups excluding carboxylic acids is 2. The molecule has 2 aromatic rings. The minimum Gasteiger partial charge on any atom is -0.360 e. The Morgan fingerprint density at radius 3 is 2.54 bits per heavy atom. The van der Waals surface area contributed by atoms with Crippen LogP contribution in [0.4, 0.5) is 5.69 Å². The van der Waals surface area contributed by atoms with Gasteiger partial charge in [0.05, 0.1) is 18.2 Å². The zero-order valence-electron chi connectivity index (χ0n) is 14.4. The van der Waals surface area contributed by atoms with Crippen molar-refractivity contribution in [1.29, 1.82) is 5.26 Å². The van der Waals surface area contributed by atoms with E-state index >= 15 is 0 Å². The maximum Gasteiger partial charge on any atom is 0.242 e. The lowest BCUT2D eigenvalue weighted by molar-refractivity contribution is -0.131. The average molecular weight is 368 g/mol. The number of amides is 1. The molecule has 2 aromatic carbocycles. The molecular formula is C20H18ClN3O2. The molecule has 0 aromatic heterocycles. The van der Waals surface area contributed by atoms with Gasteiger partial charge >= 0.3 is 0 Å². The Morgan fingerprint density at radius 1 is 1.19 bits per heavy atom. The van der Waals surface area contributed by atoms with Gasteiger partial charge in [-0.05, 0) is 42.8 Å². The highest BCUT2D eigenvalue weighted by atomic mass is 35.5. The third-order valence-corrected chi connectivity index (χ3v) is 4.70. The number of halogens is 1. The molecule has 0 N–H and O–H groups in total. The summed E-state index contributed by atoms with van der Waals surface area (Å²) in [5, 5.41) is 9.80. The zero-order valence-corrected chi connectivity index (χ0v) is 15.2. The second kappa shape index (κ2) is 7.59. The summed E-state index contributed by atoms with van der Waals surface area (Å²) in [6.07, 6.45) is 0. The molecule has 1 aliphatic rings. The van der Waals surface area contributed by atoms with Crippen molar-refractivity contribution in [3.8, 4) is 6.07 Å². The Kier molecular flexibility index (Phi) is 5.24. The molecule has 3 rings (SSSR count). The van der Waals surface area contributed by atoms with Crippen LogP contribution in [0.15, 0.2) is 42.5 Å². The Balaban J connectivity index is 1.76. The van der Waals surface area contributed by atoms with E-state index in [0.29, 0.717) is 41.5 Å². The van der Waals surface area contributed by atoms with Crippen molar-refractivity contribution in [3.05, 3.63) is 64.2 Å². The molecule has 0 unspecified atom stereocenters. The van der Waals surface area contributed by atoms with Gasteiger partial charge in [0, 0.05) is 35.9 Å². The van der Waals surface area contributed by atoms with Gasteiger partial charge in [0.15, 0.2) is 5.78 Å². The van der Waals surface area contributed by atoms with E-state index in [0.717, 1.165) is 5.56 Å². The second-order valence-electron chi connectivity index (χ2n) is 6.26. The number of ketones is 1. The van der Waals surface area contributed by atoms with Crippen molar-refractivity contribution in [1.82, 2.24) is 4.90 Å². The highest BCUT2D eigenvalue weighted by Crippen LogP contribution is 2.25. The minimum absolute atomic E-state index is 0.0111. The van der Waals surface area contributed by atoms with Crippen LogP contribution in [0.1, 0.15) is 28.4 Å². The first-order valence-electron chi connectivity index (χ1n) is 8.30. The topological polar surface area (TPSA) is 64.4 Å². The smallest absolute Gasteiger partial charge is 0.242 e.